The maximum atomic E-state index is 12.3. The molecule has 2 rings (SSSR count). The first kappa shape index (κ1) is 19.4. The lowest BCUT2D eigenvalue weighted by atomic mass is 10.2. The van der Waals surface area contributed by atoms with Gasteiger partial charge in [0.25, 0.3) is 5.88 Å². The van der Waals surface area contributed by atoms with Crippen LogP contribution in [0.1, 0.15) is 12.5 Å². The van der Waals surface area contributed by atoms with Crippen LogP contribution in [0.4, 0.5) is 5.82 Å². The highest BCUT2D eigenvalue weighted by Gasteiger charge is 2.21. The predicted molar refractivity (Wildman–Crippen MR) is 94.0 cm³/mol. The van der Waals surface area contributed by atoms with Crippen molar-refractivity contribution >= 4 is 37.3 Å². The lowest BCUT2D eigenvalue weighted by molar-refractivity contribution is 0.394. The molecule has 0 fully saturated rings. The van der Waals surface area contributed by atoms with Gasteiger partial charge in [-0.3, -0.25) is 4.72 Å². The molecule has 0 bridgehead atoms. The number of nitrogens with one attached hydrogen (secondary N) is 1. The summed E-state index contributed by atoms with van der Waals surface area (Å²) < 4.78 is 55.4. The average Bonchev–Trinajstić information content (AvgIpc) is 2.54. The fourth-order valence-electron chi connectivity index (χ4n) is 1.90. The molecular formula is C14H16ClN3O5S2. The zero-order chi connectivity index (χ0) is 18.7. The molecule has 1 heterocycles. The molecule has 11 heteroatoms. The zero-order valence-corrected chi connectivity index (χ0v) is 15.8. The molecule has 0 unspecified atom stereocenters. The standard InChI is InChI=1S/C14H16ClN3O5S2/c1-3-24(19,20)12-8-16-13(14(17-12)23-2)18-25(21,22)9-10-5-4-6-11(15)7-10/h4-8H,3,9H2,1-2H3,(H,16,18). The number of aromatic nitrogens is 2. The van der Waals surface area contributed by atoms with Gasteiger partial charge in [-0.15, -0.1) is 0 Å². The van der Waals surface area contributed by atoms with Crippen LogP contribution in [0.25, 0.3) is 0 Å². The Morgan fingerprint density at radius 1 is 1.24 bits per heavy atom. The molecule has 1 aromatic carbocycles. The van der Waals surface area contributed by atoms with Crippen molar-refractivity contribution in [1.29, 1.82) is 0 Å². The van der Waals surface area contributed by atoms with Gasteiger partial charge in [-0.1, -0.05) is 30.7 Å². The van der Waals surface area contributed by atoms with Crippen LogP contribution in [0.3, 0.4) is 0 Å². The molecule has 0 saturated carbocycles. The minimum Gasteiger partial charge on any atom is -0.478 e. The van der Waals surface area contributed by atoms with Crippen molar-refractivity contribution in [2.45, 2.75) is 17.7 Å². The number of sulfonamides is 1. The van der Waals surface area contributed by atoms with Gasteiger partial charge in [0.05, 0.1) is 24.8 Å². The highest BCUT2D eigenvalue weighted by atomic mass is 35.5. The van der Waals surface area contributed by atoms with Gasteiger partial charge in [-0.05, 0) is 17.7 Å². The molecule has 0 amide bonds. The Morgan fingerprint density at radius 2 is 1.96 bits per heavy atom. The van der Waals surface area contributed by atoms with E-state index in [0.717, 1.165) is 6.20 Å². The van der Waals surface area contributed by atoms with Crippen molar-refractivity contribution in [3.8, 4) is 5.88 Å². The van der Waals surface area contributed by atoms with Gasteiger partial charge in [-0.2, -0.15) is 4.98 Å². The van der Waals surface area contributed by atoms with Crippen LogP contribution in [0.5, 0.6) is 5.88 Å². The number of rotatable bonds is 7. The minimum absolute atomic E-state index is 0.162. The quantitative estimate of drug-likeness (QED) is 0.747. The normalized spacial score (nSPS) is 12.0. The molecule has 0 atom stereocenters. The molecule has 2 aromatic rings. The SMILES string of the molecule is CCS(=O)(=O)c1cnc(NS(=O)(=O)Cc2cccc(Cl)c2)c(OC)n1. The van der Waals surface area contributed by atoms with Crippen LogP contribution < -0.4 is 9.46 Å². The van der Waals surface area contributed by atoms with Crippen LogP contribution >= 0.6 is 11.6 Å². The van der Waals surface area contributed by atoms with Crippen molar-refractivity contribution in [3.63, 3.8) is 0 Å². The summed E-state index contributed by atoms with van der Waals surface area (Å²) in [6, 6.07) is 6.41. The number of sulfone groups is 1. The number of hydrogen-bond donors (Lipinski definition) is 1. The third-order valence-corrected chi connectivity index (χ3v) is 6.16. The van der Waals surface area contributed by atoms with E-state index in [-0.39, 0.29) is 28.2 Å². The number of benzene rings is 1. The zero-order valence-electron chi connectivity index (χ0n) is 13.4. The van der Waals surface area contributed by atoms with Gasteiger partial charge in [0.2, 0.25) is 15.8 Å². The number of ether oxygens (including phenoxy) is 1. The molecule has 136 valence electrons. The lowest BCUT2D eigenvalue weighted by Gasteiger charge is -2.11. The smallest absolute Gasteiger partial charge is 0.259 e. The van der Waals surface area contributed by atoms with Crippen molar-refractivity contribution in [1.82, 2.24) is 9.97 Å². The Morgan fingerprint density at radius 3 is 2.56 bits per heavy atom. The monoisotopic (exact) mass is 405 g/mol. The summed E-state index contributed by atoms with van der Waals surface area (Å²) in [6.45, 7) is 1.46. The van der Waals surface area contributed by atoms with Gasteiger partial charge >= 0.3 is 0 Å². The molecule has 0 aliphatic heterocycles. The second kappa shape index (κ2) is 7.54. The first-order chi connectivity index (χ1) is 11.7. The van der Waals surface area contributed by atoms with Crippen molar-refractivity contribution in [2.75, 3.05) is 17.6 Å². The fourth-order valence-corrected chi connectivity index (χ4v) is 3.97. The molecule has 8 nitrogen and oxygen atoms in total. The summed E-state index contributed by atoms with van der Waals surface area (Å²) in [4.78, 5) is 7.64. The summed E-state index contributed by atoms with van der Waals surface area (Å²) >= 11 is 5.84. The van der Waals surface area contributed by atoms with E-state index in [2.05, 4.69) is 14.7 Å². The van der Waals surface area contributed by atoms with Gasteiger partial charge in [0.15, 0.2) is 14.9 Å². The second-order valence-electron chi connectivity index (χ2n) is 4.96. The molecule has 0 aliphatic rings. The molecule has 0 aliphatic carbocycles. The van der Waals surface area contributed by atoms with E-state index in [1.807, 2.05) is 0 Å². The predicted octanol–water partition coefficient (Wildman–Crippen LogP) is 1.87. The van der Waals surface area contributed by atoms with Crippen LogP contribution in [-0.2, 0) is 25.6 Å². The summed E-state index contributed by atoms with van der Waals surface area (Å²) in [7, 11) is -6.18. The van der Waals surface area contributed by atoms with Crippen molar-refractivity contribution in [3.05, 3.63) is 41.0 Å². The summed E-state index contributed by atoms with van der Waals surface area (Å²) in [5.74, 6) is -0.929. The van der Waals surface area contributed by atoms with E-state index in [4.69, 9.17) is 16.3 Å². The van der Waals surface area contributed by atoms with Gasteiger partial charge < -0.3 is 4.74 Å². The van der Waals surface area contributed by atoms with E-state index < -0.39 is 19.9 Å². The van der Waals surface area contributed by atoms with Gasteiger partial charge in [0.1, 0.15) is 0 Å². The molecule has 1 N–H and O–H groups in total. The maximum absolute atomic E-state index is 12.3. The Hall–Kier alpha value is -1.91. The van der Waals surface area contributed by atoms with Crippen LogP contribution in [-0.4, -0.2) is 39.7 Å². The number of methoxy groups -OCH3 is 1. The van der Waals surface area contributed by atoms with Gasteiger partial charge in [0, 0.05) is 5.02 Å². The summed E-state index contributed by atoms with van der Waals surface area (Å²) in [6.07, 6.45) is 0.985. The molecule has 0 spiro atoms. The van der Waals surface area contributed by atoms with Crippen LogP contribution in [0, 0.1) is 0 Å². The third-order valence-electron chi connectivity index (χ3n) is 3.11. The molecule has 1 aromatic heterocycles. The minimum atomic E-state index is -3.83. The maximum Gasteiger partial charge on any atom is 0.259 e. The van der Waals surface area contributed by atoms with E-state index in [9.17, 15) is 16.8 Å². The summed E-state index contributed by atoms with van der Waals surface area (Å²) in [5, 5.41) is 0.129. The van der Waals surface area contributed by atoms with E-state index in [0.29, 0.717) is 10.6 Å². The first-order valence-corrected chi connectivity index (χ1v) is 10.7. The highest BCUT2D eigenvalue weighted by molar-refractivity contribution is 7.92. The summed E-state index contributed by atoms with van der Waals surface area (Å²) in [5.41, 5.74) is 0.483. The van der Waals surface area contributed by atoms with Crippen molar-refractivity contribution in [2.24, 2.45) is 0 Å². The fraction of sp³-hybridized carbons (Fsp3) is 0.286. The highest BCUT2D eigenvalue weighted by Crippen LogP contribution is 2.23. The largest absolute Gasteiger partial charge is 0.478 e. The number of nitrogens with zero attached hydrogens (tertiary/aromatic N) is 2. The first-order valence-electron chi connectivity index (χ1n) is 7.05. The second-order valence-corrected chi connectivity index (χ2v) is 9.34. The molecule has 0 radical (unpaired) electrons. The lowest BCUT2D eigenvalue weighted by Crippen LogP contribution is -2.18. The molecular weight excluding hydrogens is 390 g/mol. The van der Waals surface area contributed by atoms with Crippen LogP contribution in [0.15, 0.2) is 35.5 Å². The van der Waals surface area contributed by atoms with Gasteiger partial charge in [-0.25, -0.2) is 21.8 Å². The average molecular weight is 406 g/mol. The van der Waals surface area contributed by atoms with Crippen LogP contribution in [0.2, 0.25) is 5.02 Å². The third kappa shape index (κ3) is 5.03. The Kier molecular flexibility index (Phi) is 5.86. The Balaban J connectivity index is 2.29. The molecule has 0 saturated heterocycles. The number of anilines is 1. The Labute approximate surface area is 151 Å². The molecule has 25 heavy (non-hydrogen) atoms. The van der Waals surface area contributed by atoms with E-state index in [1.165, 1.54) is 20.1 Å². The van der Waals surface area contributed by atoms with Crippen molar-refractivity contribution < 1.29 is 21.6 Å². The number of halogens is 1. The number of hydrogen-bond acceptors (Lipinski definition) is 7. The Bertz CT molecular complexity index is 978. The topological polar surface area (TPSA) is 115 Å². The van der Waals surface area contributed by atoms with E-state index in [1.54, 1.807) is 18.2 Å². The van der Waals surface area contributed by atoms with E-state index >= 15 is 0 Å².